The molecular formula is C28H44O10. The Balaban J connectivity index is 0.000000380. The van der Waals surface area contributed by atoms with Crippen LogP contribution >= 0.6 is 0 Å². The molecule has 2 N–H and O–H groups in total. The predicted molar refractivity (Wildman–Crippen MR) is 139 cm³/mol. The van der Waals surface area contributed by atoms with Crippen LogP contribution in [0, 0.1) is 11.8 Å². The number of carbonyl (C=O) groups excluding carboxylic acids is 2. The summed E-state index contributed by atoms with van der Waals surface area (Å²) in [7, 11) is 0. The molecule has 0 amide bonds. The van der Waals surface area contributed by atoms with Crippen molar-refractivity contribution in [2.75, 3.05) is 13.2 Å². The lowest BCUT2D eigenvalue weighted by molar-refractivity contribution is -0.163. The third-order valence-electron chi connectivity index (χ3n) is 6.57. The summed E-state index contributed by atoms with van der Waals surface area (Å²) in [4.78, 5) is 44.8. The quantitative estimate of drug-likeness (QED) is 0.249. The molecule has 2 heterocycles. The number of carboxylic acids is 2. The second-order valence-electron chi connectivity index (χ2n) is 9.56. The van der Waals surface area contributed by atoms with Crippen molar-refractivity contribution in [3.8, 4) is 0 Å². The minimum absolute atomic E-state index is 0.0669. The third-order valence-corrected chi connectivity index (χ3v) is 6.57. The van der Waals surface area contributed by atoms with Crippen LogP contribution in [0.25, 0.3) is 0 Å². The second-order valence-corrected chi connectivity index (χ2v) is 9.56. The van der Waals surface area contributed by atoms with Crippen LogP contribution in [0.4, 0.5) is 0 Å². The van der Waals surface area contributed by atoms with Gasteiger partial charge in [0.2, 0.25) is 11.5 Å². The van der Waals surface area contributed by atoms with Crippen LogP contribution in [0.1, 0.15) is 113 Å². The first-order chi connectivity index (χ1) is 18.2. The van der Waals surface area contributed by atoms with Gasteiger partial charge in [-0.25, -0.2) is 19.2 Å². The number of aliphatic carboxylic acids is 1. The molecule has 0 spiro atoms. The van der Waals surface area contributed by atoms with Gasteiger partial charge in [0.05, 0.1) is 13.2 Å². The summed E-state index contributed by atoms with van der Waals surface area (Å²) in [6.45, 7) is 9.15. The summed E-state index contributed by atoms with van der Waals surface area (Å²) in [5.74, 6) is -2.83. The number of ether oxygens (including phenoxy) is 3. The van der Waals surface area contributed by atoms with Gasteiger partial charge in [-0.05, 0) is 49.7 Å². The maximum atomic E-state index is 11.8. The molecule has 1 aliphatic rings. The average molecular weight is 541 g/mol. The van der Waals surface area contributed by atoms with Crippen LogP contribution in [-0.2, 0) is 23.8 Å². The van der Waals surface area contributed by atoms with E-state index in [1.807, 2.05) is 0 Å². The molecule has 4 atom stereocenters. The standard InChI is InChI=1S/C14H24O5.C14H20O5/c2*1-3-5-6-10(4-2)9-18-14(17)12-8-7-11(19-12)13(15)16/h10-12H,3-9H2,1-2H3,(H,15,16);7-8,10H,3-6,9H2,1-2H3,(H,15,16). The molecule has 0 radical (unpaired) electrons. The van der Waals surface area contributed by atoms with Gasteiger partial charge in [-0.1, -0.05) is 66.2 Å². The minimum atomic E-state index is -1.20. The monoisotopic (exact) mass is 540 g/mol. The largest absolute Gasteiger partial charge is 0.479 e. The highest BCUT2D eigenvalue weighted by Crippen LogP contribution is 2.22. The summed E-state index contributed by atoms with van der Waals surface area (Å²) >= 11 is 0. The van der Waals surface area contributed by atoms with Gasteiger partial charge in [-0.15, -0.1) is 0 Å². The molecule has 1 aromatic heterocycles. The number of carboxylic acid groups (broad SMARTS) is 2. The Hall–Kier alpha value is -2.88. The van der Waals surface area contributed by atoms with E-state index in [1.165, 1.54) is 12.1 Å². The fourth-order valence-corrected chi connectivity index (χ4v) is 3.91. The van der Waals surface area contributed by atoms with Gasteiger partial charge in [0.1, 0.15) is 0 Å². The van der Waals surface area contributed by atoms with Crippen molar-refractivity contribution in [1.29, 1.82) is 0 Å². The molecule has 1 fully saturated rings. The van der Waals surface area contributed by atoms with Crippen LogP contribution in [0.15, 0.2) is 16.5 Å². The first-order valence-electron chi connectivity index (χ1n) is 13.7. The van der Waals surface area contributed by atoms with Crippen LogP contribution in [0.2, 0.25) is 0 Å². The molecule has 0 saturated carbocycles. The molecule has 2 rings (SSSR count). The summed E-state index contributed by atoms with van der Waals surface area (Å²) in [6, 6.07) is 2.56. The van der Waals surface area contributed by atoms with E-state index >= 15 is 0 Å². The number of unbranched alkanes of at least 4 members (excludes halogenated alkanes) is 2. The first kappa shape index (κ1) is 33.1. The zero-order valence-electron chi connectivity index (χ0n) is 23.1. The maximum absolute atomic E-state index is 11.8. The van der Waals surface area contributed by atoms with E-state index in [4.69, 9.17) is 28.8 Å². The molecule has 1 aliphatic heterocycles. The molecule has 10 heteroatoms. The summed E-state index contributed by atoms with van der Waals surface area (Å²) in [6.07, 6.45) is 7.76. The maximum Gasteiger partial charge on any atom is 0.374 e. The van der Waals surface area contributed by atoms with Crippen molar-refractivity contribution in [3.63, 3.8) is 0 Å². The number of hydrogen-bond acceptors (Lipinski definition) is 8. The fraction of sp³-hybridized carbons (Fsp3) is 0.714. The van der Waals surface area contributed by atoms with E-state index in [9.17, 15) is 19.2 Å². The Labute approximate surface area is 225 Å². The molecule has 10 nitrogen and oxygen atoms in total. The zero-order valence-corrected chi connectivity index (χ0v) is 23.1. The van der Waals surface area contributed by atoms with Crippen LogP contribution in [-0.4, -0.2) is 59.5 Å². The van der Waals surface area contributed by atoms with E-state index in [2.05, 4.69) is 27.7 Å². The summed E-state index contributed by atoms with van der Waals surface area (Å²) < 4.78 is 20.4. The lowest BCUT2D eigenvalue weighted by Crippen LogP contribution is -2.28. The Morgan fingerprint density at radius 3 is 1.82 bits per heavy atom. The Bertz CT molecular complexity index is 862. The smallest absolute Gasteiger partial charge is 0.374 e. The van der Waals surface area contributed by atoms with Gasteiger partial charge >= 0.3 is 23.9 Å². The second kappa shape index (κ2) is 18.4. The molecular weight excluding hydrogens is 496 g/mol. The van der Waals surface area contributed by atoms with E-state index in [0.717, 1.165) is 51.4 Å². The molecule has 38 heavy (non-hydrogen) atoms. The van der Waals surface area contributed by atoms with Crippen molar-refractivity contribution in [1.82, 2.24) is 0 Å². The van der Waals surface area contributed by atoms with Gasteiger partial charge in [-0.3, -0.25) is 0 Å². The molecule has 0 bridgehead atoms. The topological polar surface area (TPSA) is 150 Å². The predicted octanol–water partition coefficient (Wildman–Crippen LogP) is 5.73. The van der Waals surface area contributed by atoms with E-state index in [0.29, 0.717) is 37.9 Å². The number of carbonyl (C=O) groups is 4. The number of rotatable bonds is 16. The molecule has 1 saturated heterocycles. The molecule has 216 valence electrons. The number of aromatic carboxylic acids is 1. The van der Waals surface area contributed by atoms with E-state index in [1.54, 1.807) is 0 Å². The summed E-state index contributed by atoms with van der Waals surface area (Å²) in [5, 5.41) is 17.5. The van der Waals surface area contributed by atoms with E-state index < -0.39 is 36.1 Å². The average Bonchev–Trinajstić information content (AvgIpc) is 3.60. The molecule has 0 aliphatic carbocycles. The van der Waals surface area contributed by atoms with Crippen LogP contribution < -0.4 is 0 Å². The number of furan rings is 1. The highest BCUT2D eigenvalue weighted by atomic mass is 16.6. The van der Waals surface area contributed by atoms with Crippen molar-refractivity contribution in [3.05, 3.63) is 23.7 Å². The fourth-order valence-electron chi connectivity index (χ4n) is 3.91. The SMILES string of the molecule is CCCCC(CC)COC(=O)C1CCC(C(=O)O)O1.CCCCC(CC)COC(=O)c1ccc(C(=O)O)o1. The van der Waals surface area contributed by atoms with Crippen molar-refractivity contribution in [2.24, 2.45) is 11.8 Å². The zero-order chi connectivity index (χ0) is 28.5. The van der Waals surface area contributed by atoms with Gasteiger partial charge in [0, 0.05) is 0 Å². The Morgan fingerprint density at radius 1 is 0.842 bits per heavy atom. The number of esters is 2. The lowest BCUT2D eigenvalue weighted by Gasteiger charge is -2.16. The Morgan fingerprint density at radius 2 is 1.37 bits per heavy atom. The highest BCUT2D eigenvalue weighted by molar-refractivity contribution is 5.90. The first-order valence-corrected chi connectivity index (χ1v) is 13.7. The number of hydrogen-bond donors (Lipinski definition) is 2. The van der Waals surface area contributed by atoms with Crippen molar-refractivity contribution < 1.29 is 48.0 Å². The lowest BCUT2D eigenvalue weighted by atomic mass is 10.0. The van der Waals surface area contributed by atoms with Crippen molar-refractivity contribution >= 4 is 23.9 Å². The summed E-state index contributed by atoms with van der Waals surface area (Å²) in [5.41, 5.74) is 0. The molecule has 1 aromatic rings. The minimum Gasteiger partial charge on any atom is -0.479 e. The Kier molecular flexibility index (Phi) is 16.0. The van der Waals surface area contributed by atoms with Crippen LogP contribution in [0.3, 0.4) is 0 Å². The van der Waals surface area contributed by atoms with E-state index in [-0.39, 0.29) is 11.5 Å². The van der Waals surface area contributed by atoms with Gasteiger partial charge in [-0.2, -0.15) is 0 Å². The molecule has 0 aromatic carbocycles. The third kappa shape index (κ3) is 12.1. The van der Waals surface area contributed by atoms with Gasteiger partial charge in [0.15, 0.2) is 12.2 Å². The van der Waals surface area contributed by atoms with Gasteiger partial charge in [0.25, 0.3) is 0 Å². The normalized spacial score (nSPS) is 18.1. The van der Waals surface area contributed by atoms with Gasteiger partial charge < -0.3 is 28.8 Å². The molecule has 4 unspecified atom stereocenters. The van der Waals surface area contributed by atoms with Crippen LogP contribution in [0.5, 0.6) is 0 Å². The highest BCUT2D eigenvalue weighted by Gasteiger charge is 2.35. The van der Waals surface area contributed by atoms with Crippen molar-refractivity contribution in [2.45, 2.75) is 104 Å².